The van der Waals surface area contributed by atoms with Crippen LogP contribution in [0.4, 0.5) is 5.00 Å². The molecule has 0 atom stereocenters. The molecule has 0 unspecified atom stereocenters. The van der Waals surface area contributed by atoms with Crippen LogP contribution in [0.25, 0.3) is 0 Å². The van der Waals surface area contributed by atoms with Gasteiger partial charge in [-0.1, -0.05) is 17.7 Å². The van der Waals surface area contributed by atoms with E-state index in [2.05, 4.69) is 9.69 Å². The summed E-state index contributed by atoms with van der Waals surface area (Å²) in [6.45, 7) is 3.90. The number of hydrogen-bond donors (Lipinski definition) is 1. The lowest BCUT2D eigenvalue weighted by molar-refractivity contribution is 0.102. The first-order chi connectivity index (χ1) is 7.65. The quantitative estimate of drug-likeness (QED) is 0.864. The van der Waals surface area contributed by atoms with E-state index in [0.717, 1.165) is 16.3 Å². The van der Waals surface area contributed by atoms with Gasteiger partial charge >= 0.3 is 0 Å². The molecule has 0 saturated carbocycles. The summed E-state index contributed by atoms with van der Waals surface area (Å²) in [6, 6.07) is 9.34. The summed E-state index contributed by atoms with van der Waals surface area (Å²) in [5.41, 5.74) is 2.73. The van der Waals surface area contributed by atoms with Gasteiger partial charge in [-0.15, -0.1) is 0 Å². The van der Waals surface area contributed by atoms with Crippen molar-refractivity contribution in [1.29, 1.82) is 0 Å². The first-order valence-electron chi connectivity index (χ1n) is 4.96. The van der Waals surface area contributed by atoms with Crippen molar-refractivity contribution < 1.29 is 4.79 Å². The van der Waals surface area contributed by atoms with Crippen molar-refractivity contribution >= 4 is 22.4 Å². The monoisotopic (exact) mass is 232 g/mol. The van der Waals surface area contributed by atoms with Crippen LogP contribution in [-0.4, -0.2) is 10.3 Å². The first kappa shape index (κ1) is 10.8. The molecule has 1 amide bonds. The molecule has 82 valence electrons. The Morgan fingerprint density at radius 2 is 1.94 bits per heavy atom. The zero-order chi connectivity index (χ0) is 11.5. The molecule has 0 bridgehead atoms. The zero-order valence-corrected chi connectivity index (χ0v) is 9.97. The van der Waals surface area contributed by atoms with Crippen LogP contribution < -0.4 is 5.32 Å². The predicted molar refractivity (Wildman–Crippen MR) is 66.0 cm³/mol. The maximum Gasteiger partial charge on any atom is 0.256 e. The Morgan fingerprint density at radius 3 is 2.50 bits per heavy atom. The van der Waals surface area contributed by atoms with Crippen LogP contribution in [0.15, 0.2) is 30.3 Å². The fraction of sp³-hybridized carbons (Fsp3) is 0.167. The Balaban J connectivity index is 2.11. The molecule has 0 fully saturated rings. The maximum absolute atomic E-state index is 11.8. The second-order valence-electron chi connectivity index (χ2n) is 3.65. The van der Waals surface area contributed by atoms with Gasteiger partial charge in [0.2, 0.25) is 0 Å². The Hall–Kier alpha value is -1.68. The molecule has 1 aromatic carbocycles. The van der Waals surface area contributed by atoms with Crippen molar-refractivity contribution in [3.63, 3.8) is 0 Å². The minimum Gasteiger partial charge on any atom is -0.312 e. The number of amides is 1. The van der Waals surface area contributed by atoms with Gasteiger partial charge in [-0.2, -0.15) is 4.37 Å². The van der Waals surface area contributed by atoms with E-state index in [1.165, 1.54) is 11.5 Å². The fourth-order valence-corrected chi connectivity index (χ4v) is 1.97. The van der Waals surface area contributed by atoms with E-state index in [-0.39, 0.29) is 5.91 Å². The second-order valence-corrected chi connectivity index (χ2v) is 4.46. The first-order valence-corrected chi connectivity index (χ1v) is 5.74. The van der Waals surface area contributed by atoms with Crippen molar-refractivity contribution in [2.45, 2.75) is 13.8 Å². The number of benzene rings is 1. The third-order valence-electron chi connectivity index (χ3n) is 2.18. The molecule has 3 nitrogen and oxygen atoms in total. The van der Waals surface area contributed by atoms with E-state index >= 15 is 0 Å². The van der Waals surface area contributed by atoms with Gasteiger partial charge in [0.25, 0.3) is 5.91 Å². The minimum absolute atomic E-state index is 0.0938. The van der Waals surface area contributed by atoms with Crippen LogP contribution in [-0.2, 0) is 0 Å². The van der Waals surface area contributed by atoms with E-state index in [9.17, 15) is 4.79 Å². The summed E-state index contributed by atoms with van der Waals surface area (Å²) in [5, 5.41) is 3.60. The molecule has 1 aromatic heterocycles. The smallest absolute Gasteiger partial charge is 0.256 e. The van der Waals surface area contributed by atoms with Gasteiger partial charge in [-0.25, -0.2) is 0 Å². The average Bonchev–Trinajstić information content (AvgIpc) is 2.65. The molecule has 4 heteroatoms. The van der Waals surface area contributed by atoms with Crippen LogP contribution in [0, 0.1) is 13.8 Å². The largest absolute Gasteiger partial charge is 0.312 e. The molecule has 16 heavy (non-hydrogen) atoms. The molecule has 0 radical (unpaired) electrons. The van der Waals surface area contributed by atoms with Gasteiger partial charge in [0.1, 0.15) is 5.00 Å². The number of aryl methyl sites for hydroxylation is 2. The van der Waals surface area contributed by atoms with Gasteiger partial charge in [0.05, 0.1) is 5.69 Å². The lowest BCUT2D eigenvalue weighted by Gasteiger charge is -2.01. The Kier molecular flexibility index (Phi) is 3.01. The third-order valence-corrected chi connectivity index (χ3v) is 2.97. The van der Waals surface area contributed by atoms with E-state index in [0.29, 0.717) is 5.56 Å². The number of carbonyl (C=O) groups excluding carboxylic acids is 1. The Morgan fingerprint density at radius 1 is 1.25 bits per heavy atom. The van der Waals surface area contributed by atoms with Crippen molar-refractivity contribution in [2.24, 2.45) is 0 Å². The standard InChI is InChI=1S/C12H12N2OS/c1-8-3-5-10(6-4-8)12(15)13-11-7-9(2)14-16-11/h3-7H,1-2H3,(H,13,15). The van der Waals surface area contributed by atoms with Gasteiger partial charge in [-0.3, -0.25) is 4.79 Å². The van der Waals surface area contributed by atoms with Gasteiger partial charge in [-0.05, 0) is 43.6 Å². The zero-order valence-electron chi connectivity index (χ0n) is 9.15. The molecule has 2 rings (SSSR count). The van der Waals surface area contributed by atoms with Crippen LogP contribution in [0.2, 0.25) is 0 Å². The van der Waals surface area contributed by atoms with Crippen molar-refractivity contribution in [1.82, 2.24) is 4.37 Å². The van der Waals surface area contributed by atoms with Crippen LogP contribution in [0.5, 0.6) is 0 Å². The van der Waals surface area contributed by atoms with Gasteiger partial charge in [0, 0.05) is 5.56 Å². The highest BCUT2D eigenvalue weighted by atomic mass is 32.1. The lowest BCUT2D eigenvalue weighted by Crippen LogP contribution is -2.10. The molecule has 0 aliphatic carbocycles. The summed E-state index contributed by atoms with van der Waals surface area (Å²) >= 11 is 1.29. The summed E-state index contributed by atoms with van der Waals surface area (Å²) < 4.78 is 4.10. The van der Waals surface area contributed by atoms with E-state index in [1.807, 2.05) is 44.2 Å². The number of rotatable bonds is 2. The minimum atomic E-state index is -0.0938. The van der Waals surface area contributed by atoms with Crippen LogP contribution >= 0.6 is 11.5 Å². The van der Waals surface area contributed by atoms with Crippen molar-refractivity contribution in [3.8, 4) is 0 Å². The summed E-state index contributed by atoms with van der Waals surface area (Å²) in [6.07, 6.45) is 0. The normalized spacial score (nSPS) is 10.1. The number of hydrogen-bond acceptors (Lipinski definition) is 3. The molecular formula is C12H12N2OS. The maximum atomic E-state index is 11.8. The summed E-state index contributed by atoms with van der Waals surface area (Å²) in [7, 11) is 0. The molecule has 1 heterocycles. The highest BCUT2D eigenvalue weighted by molar-refractivity contribution is 7.10. The molecule has 2 aromatic rings. The highest BCUT2D eigenvalue weighted by Crippen LogP contribution is 2.16. The fourth-order valence-electron chi connectivity index (χ4n) is 1.31. The number of nitrogens with one attached hydrogen (secondary N) is 1. The third kappa shape index (κ3) is 2.46. The predicted octanol–water partition coefficient (Wildman–Crippen LogP) is 3.01. The molecule has 1 N–H and O–H groups in total. The van der Waals surface area contributed by atoms with E-state index < -0.39 is 0 Å². The highest BCUT2D eigenvalue weighted by Gasteiger charge is 2.06. The topological polar surface area (TPSA) is 42.0 Å². The van der Waals surface area contributed by atoms with Crippen LogP contribution in [0.3, 0.4) is 0 Å². The van der Waals surface area contributed by atoms with Crippen molar-refractivity contribution in [3.05, 3.63) is 47.2 Å². The van der Waals surface area contributed by atoms with Crippen LogP contribution in [0.1, 0.15) is 21.6 Å². The number of aromatic nitrogens is 1. The molecule has 0 aliphatic heterocycles. The van der Waals surface area contributed by atoms with Gasteiger partial charge in [0.15, 0.2) is 0 Å². The SMILES string of the molecule is Cc1ccc(C(=O)Nc2cc(C)ns2)cc1. The summed E-state index contributed by atoms with van der Waals surface area (Å²) in [4.78, 5) is 11.8. The molecular weight excluding hydrogens is 220 g/mol. The summed E-state index contributed by atoms with van der Waals surface area (Å²) in [5.74, 6) is -0.0938. The molecule has 0 spiro atoms. The Labute approximate surface area is 98.3 Å². The lowest BCUT2D eigenvalue weighted by atomic mass is 10.1. The van der Waals surface area contributed by atoms with Crippen molar-refractivity contribution in [2.75, 3.05) is 5.32 Å². The van der Waals surface area contributed by atoms with E-state index in [4.69, 9.17) is 0 Å². The number of anilines is 1. The molecule has 0 saturated heterocycles. The average molecular weight is 232 g/mol. The number of nitrogens with zero attached hydrogens (tertiary/aromatic N) is 1. The second kappa shape index (κ2) is 4.45. The Bertz CT molecular complexity index is 502. The van der Waals surface area contributed by atoms with E-state index in [1.54, 1.807) is 0 Å². The van der Waals surface area contributed by atoms with Gasteiger partial charge < -0.3 is 5.32 Å². The number of carbonyl (C=O) groups is 1. The molecule has 0 aliphatic rings.